The highest BCUT2D eigenvalue weighted by Crippen LogP contribution is 2.23. The predicted octanol–water partition coefficient (Wildman–Crippen LogP) is 2.82. The van der Waals surface area contributed by atoms with Gasteiger partial charge >= 0.3 is 0 Å². The average molecular weight is 278 g/mol. The zero-order valence-corrected chi connectivity index (χ0v) is 8.35. The Balaban J connectivity index is 2.94. The van der Waals surface area contributed by atoms with Crippen molar-refractivity contribution in [1.29, 1.82) is 0 Å². The monoisotopic (exact) mass is 278 g/mol. The summed E-state index contributed by atoms with van der Waals surface area (Å²) in [5.74, 6) is 0. The first-order chi connectivity index (χ1) is 5.29. The van der Waals surface area contributed by atoms with Crippen LogP contribution in [0.3, 0.4) is 0 Å². The summed E-state index contributed by atoms with van der Waals surface area (Å²) in [6.07, 6.45) is 0. The van der Waals surface area contributed by atoms with Crippen LogP contribution in [0.4, 0.5) is 0 Å². The van der Waals surface area contributed by atoms with Crippen molar-refractivity contribution in [3.8, 4) is 0 Å². The van der Waals surface area contributed by atoms with Crippen molar-refractivity contribution in [3.63, 3.8) is 0 Å². The van der Waals surface area contributed by atoms with E-state index in [1.165, 1.54) is 0 Å². The van der Waals surface area contributed by atoms with Crippen LogP contribution in [0.25, 0.3) is 10.9 Å². The highest BCUT2D eigenvalue weighted by molar-refractivity contribution is 14.1. The predicted molar refractivity (Wildman–Crippen MR) is 53.8 cm³/mol. The average Bonchev–Trinajstić information content (AvgIpc) is 2.35. The summed E-state index contributed by atoms with van der Waals surface area (Å²) in [7, 11) is 0. The van der Waals surface area contributed by atoms with E-state index in [1.54, 1.807) is 0 Å². The van der Waals surface area contributed by atoms with E-state index in [9.17, 15) is 0 Å². The fourth-order valence-corrected chi connectivity index (χ4v) is 1.78. The molecule has 0 saturated carbocycles. The summed E-state index contributed by atoms with van der Waals surface area (Å²) in [6.45, 7) is 0. The number of halogens is 2. The van der Waals surface area contributed by atoms with E-state index >= 15 is 0 Å². The molecule has 0 spiro atoms. The summed E-state index contributed by atoms with van der Waals surface area (Å²) in [6, 6.07) is 5.91. The SMILES string of the molecule is Clc1[nH]nc2c(I)cccc12. The molecular formula is C7H4ClIN2. The van der Waals surface area contributed by atoms with Gasteiger partial charge < -0.3 is 0 Å². The maximum atomic E-state index is 5.82. The first kappa shape index (κ1) is 7.36. The zero-order valence-electron chi connectivity index (χ0n) is 5.44. The van der Waals surface area contributed by atoms with Crippen LogP contribution < -0.4 is 0 Å². The van der Waals surface area contributed by atoms with Gasteiger partial charge in [-0.3, -0.25) is 5.10 Å². The second-order valence-electron chi connectivity index (χ2n) is 2.17. The standard InChI is InChI=1S/C7H4ClIN2/c8-7-4-2-1-3-5(9)6(4)10-11-7/h1-3H,(H,10,11). The lowest BCUT2D eigenvalue weighted by Gasteiger charge is -1.89. The molecule has 1 heterocycles. The third-order valence-corrected chi connectivity index (χ3v) is 2.65. The molecule has 0 unspecified atom stereocenters. The molecule has 56 valence electrons. The normalized spacial score (nSPS) is 10.7. The Labute approximate surface area is 82.1 Å². The van der Waals surface area contributed by atoms with Crippen LogP contribution in [0.1, 0.15) is 0 Å². The third-order valence-electron chi connectivity index (χ3n) is 1.49. The molecule has 2 nitrogen and oxygen atoms in total. The maximum absolute atomic E-state index is 5.82. The van der Waals surface area contributed by atoms with Crippen LogP contribution in [0, 0.1) is 3.57 Å². The third kappa shape index (κ3) is 1.12. The molecule has 0 amide bonds. The van der Waals surface area contributed by atoms with Crippen molar-refractivity contribution in [2.45, 2.75) is 0 Å². The first-order valence-corrected chi connectivity index (χ1v) is 4.53. The number of hydrogen-bond acceptors (Lipinski definition) is 1. The molecule has 0 radical (unpaired) electrons. The molecule has 0 aliphatic heterocycles. The Morgan fingerprint density at radius 1 is 1.45 bits per heavy atom. The number of nitrogens with one attached hydrogen (secondary N) is 1. The topological polar surface area (TPSA) is 28.7 Å². The second kappa shape index (κ2) is 2.64. The Hall–Kier alpha value is -0.290. The van der Waals surface area contributed by atoms with Crippen LogP contribution in [-0.4, -0.2) is 10.2 Å². The number of nitrogens with zero attached hydrogens (tertiary/aromatic N) is 1. The first-order valence-electron chi connectivity index (χ1n) is 3.07. The van der Waals surface area contributed by atoms with Gasteiger partial charge in [-0.2, -0.15) is 5.10 Å². The number of H-pyrrole nitrogens is 1. The summed E-state index contributed by atoms with van der Waals surface area (Å²) in [5, 5.41) is 8.38. The Morgan fingerprint density at radius 3 is 3.00 bits per heavy atom. The van der Waals surface area contributed by atoms with Crippen molar-refractivity contribution in [1.82, 2.24) is 10.2 Å². The lowest BCUT2D eigenvalue weighted by atomic mass is 10.3. The van der Waals surface area contributed by atoms with Gasteiger partial charge in [0, 0.05) is 8.96 Å². The van der Waals surface area contributed by atoms with Crippen LogP contribution in [0.2, 0.25) is 5.15 Å². The minimum absolute atomic E-state index is 0.610. The van der Waals surface area contributed by atoms with E-state index < -0.39 is 0 Å². The molecule has 0 aliphatic rings. The van der Waals surface area contributed by atoms with Gasteiger partial charge in [0.05, 0.1) is 0 Å². The fraction of sp³-hybridized carbons (Fsp3) is 0. The fourth-order valence-electron chi connectivity index (χ4n) is 0.971. The second-order valence-corrected chi connectivity index (χ2v) is 3.71. The van der Waals surface area contributed by atoms with Gasteiger partial charge in [0.1, 0.15) is 10.7 Å². The number of aromatic nitrogens is 2. The van der Waals surface area contributed by atoms with Gasteiger partial charge in [-0.15, -0.1) is 0 Å². The van der Waals surface area contributed by atoms with E-state index in [1.807, 2.05) is 18.2 Å². The molecule has 11 heavy (non-hydrogen) atoms. The number of benzene rings is 1. The number of para-hydroxylation sites is 1. The number of hydrogen-bond donors (Lipinski definition) is 1. The van der Waals surface area contributed by atoms with Gasteiger partial charge in [0.25, 0.3) is 0 Å². The molecule has 1 N–H and O–H groups in total. The highest BCUT2D eigenvalue weighted by Gasteiger charge is 2.03. The highest BCUT2D eigenvalue weighted by atomic mass is 127. The molecular weight excluding hydrogens is 274 g/mol. The van der Waals surface area contributed by atoms with Gasteiger partial charge in [0.2, 0.25) is 0 Å². The van der Waals surface area contributed by atoms with Crippen LogP contribution in [0.15, 0.2) is 18.2 Å². The van der Waals surface area contributed by atoms with E-state index in [0.29, 0.717) is 5.15 Å². The van der Waals surface area contributed by atoms with E-state index in [2.05, 4.69) is 32.8 Å². The summed E-state index contributed by atoms with van der Waals surface area (Å²) in [4.78, 5) is 0. The Morgan fingerprint density at radius 2 is 2.27 bits per heavy atom. The number of rotatable bonds is 0. The largest absolute Gasteiger partial charge is 0.266 e. The van der Waals surface area contributed by atoms with E-state index in [4.69, 9.17) is 11.6 Å². The number of aromatic amines is 1. The minimum Gasteiger partial charge on any atom is -0.266 e. The Kier molecular flexibility index (Phi) is 1.77. The van der Waals surface area contributed by atoms with Crippen LogP contribution >= 0.6 is 34.2 Å². The Bertz CT molecular complexity index is 396. The molecule has 0 aliphatic carbocycles. The van der Waals surface area contributed by atoms with Gasteiger partial charge in [-0.25, -0.2) is 0 Å². The van der Waals surface area contributed by atoms with Crippen molar-refractivity contribution < 1.29 is 0 Å². The zero-order chi connectivity index (χ0) is 7.84. The molecule has 4 heteroatoms. The summed E-state index contributed by atoms with van der Waals surface area (Å²) < 4.78 is 1.11. The molecule has 1 aromatic heterocycles. The quantitative estimate of drug-likeness (QED) is 0.738. The maximum Gasteiger partial charge on any atom is 0.132 e. The molecule has 0 atom stereocenters. The minimum atomic E-state index is 0.610. The summed E-state index contributed by atoms with van der Waals surface area (Å²) in [5.41, 5.74) is 0.943. The molecule has 0 bridgehead atoms. The van der Waals surface area contributed by atoms with Gasteiger partial charge in [0.15, 0.2) is 0 Å². The van der Waals surface area contributed by atoms with E-state index in [0.717, 1.165) is 14.5 Å². The lowest BCUT2D eigenvalue weighted by molar-refractivity contribution is 1.12. The van der Waals surface area contributed by atoms with Crippen molar-refractivity contribution in [2.75, 3.05) is 0 Å². The van der Waals surface area contributed by atoms with Crippen molar-refractivity contribution in [3.05, 3.63) is 26.9 Å². The lowest BCUT2D eigenvalue weighted by Crippen LogP contribution is -1.73. The van der Waals surface area contributed by atoms with Crippen LogP contribution in [0.5, 0.6) is 0 Å². The molecule has 0 saturated heterocycles. The van der Waals surface area contributed by atoms with Crippen molar-refractivity contribution >= 4 is 45.1 Å². The molecule has 2 rings (SSSR count). The molecule has 0 fully saturated rings. The van der Waals surface area contributed by atoms with Gasteiger partial charge in [-0.1, -0.05) is 17.7 Å². The van der Waals surface area contributed by atoms with Crippen LogP contribution in [-0.2, 0) is 0 Å². The smallest absolute Gasteiger partial charge is 0.132 e. The van der Waals surface area contributed by atoms with E-state index in [-0.39, 0.29) is 0 Å². The summed E-state index contributed by atoms with van der Waals surface area (Å²) >= 11 is 8.05. The molecule has 1 aromatic carbocycles. The molecule has 2 aromatic rings. The van der Waals surface area contributed by atoms with Gasteiger partial charge in [-0.05, 0) is 34.7 Å². The number of fused-ring (bicyclic) bond motifs is 1. The van der Waals surface area contributed by atoms with Crippen molar-refractivity contribution in [2.24, 2.45) is 0 Å².